The van der Waals surface area contributed by atoms with Crippen LogP contribution in [0.5, 0.6) is 0 Å². The van der Waals surface area contributed by atoms with E-state index in [-0.39, 0.29) is 5.95 Å². The number of aromatic nitrogens is 2. The van der Waals surface area contributed by atoms with Crippen molar-refractivity contribution in [3.63, 3.8) is 0 Å². The molecule has 0 fully saturated rings. The van der Waals surface area contributed by atoms with Gasteiger partial charge in [0.15, 0.2) is 0 Å². The number of hydrogen-bond donors (Lipinski definition) is 4. The van der Waals surface area contributed by atoms with Gasteiger partial charge in [-0.05, 0) is 35.0 Å². The van der Waals surface area contributed by atoms with Crippen molar-refractivity contribution in [3.05, 3.63) is 84.1 Å². The van der Waals surface area contributed by atoms with Crippen LogP contribution in [0.1, 0.15) is 11.1 Å². The van der Waals surface area contributed by atoms with Gasteiger partial charge in [-0.25, -0.2) is 4.98 Å². The standard InChI is InChI=1S/C21H18N6/c22-18-9-8-14(26-19-10-11-25-21(24)27-19)12-17(18)20(23)16-7-3-5-13-4-1-2-6-15(13)16/h1-12,23H,22H2,(H3,24,25,26,27). The third-order valence-electron chi connectivity index (χ3n) is 4.33. The third-order valence-corrected chi connectivity index (χ3v) is 4.33. The number of fused-ring (bicyclic) bond motifs is 1. The van der Waals surface area contributed by atoms with Crippen molar-refractivity contribution in [1.29, 1.82) is 5.41 Å². The van der Waals surface area contributed by atoms with Gasteiger partial charge in [0.05, 0.1) is 5.71 Å². The fourth-order valence-corrected chi connectivity index (χ4v) is 3.03. The molecule has 0 spiro atoms. The smallest absolute Gasteiger partial charge is 0.221 e. The molecule has 6 N–H and O–H groups in total. The molecule has 0 aliphatic rings. The summed E-state index contributed by atoms with van der Waals surface area (Å²) >= 11 is 0. The highest BCUT2D eigenvalue weighted by molar-refractivity contribution is 6.20. The Balaban J connectivity index is 1.73. The van der Waals surface area contributed by atoms with Crippen LogP contribution in [-0.4, -0.2) is 15.7 Å². The van der Waals surface area contributed by atoms with Crippen LogP contribution in [-0.2, 0) is 0 Å². The number of nitrogen functional groups attached to an aromatic ring is 2. The van der Waals surface area contributed by atoms with Crippen LogP contribution >= 0.6 is 0 Å². The molecule has 0 aliphatic heterocycles. The number of anilines is 4. The lowest BCUT2D eigenvalue weighted by molar-refractivity contribution is 1.18. The number of hydrogen-bond acceptors (Lipinski definition) is 6. The molecule has 0 saturated heterocycles. The number of nitrogens with one attached hydrogen (secondary N) is 2. The van der Waals surface area contributed by atoms with Gasteiger partial charge in [0.25, 0.3) is 0 Å². The first kappa shape index (κ1) is 16.5. The summed E-state index contributed by atoms with van der Waals surface area (Å²) in [6.45, 7) is 0. The molecule has 0 saturated carbocycles. The summed E-state index contributed by atoms with van der Waals surface area (Å²) in [6.07, 6.45) is 1.58. The average Bonchev–Trinajstić information content (AvgIpc) is 2.68. The molecule has 6 heteroatoms. The second-order valence-electron chi connectivity index (χ2n) is 6.13. The Morgan fingerprint density at radius 2 is 1.70 bits per heavy atom. The van der Waals surface area contributed by atoms with Crippen LogP contribution in [0.4, 0.5) is 23.1 Å². The van der Waals surface area contributed by atoms with Crippen molar-refractivity contribution >= 4 is 39.6 Å². The Morgan fingerprint density at radius 1 is 0.889 bits per heavy atom. The minimum absolute atomic E-state index is 0.194. The molecule has 0 atom stereocenters. The van der Waals surface area contributed by atoms with E-state index in [2.05, 4.69) is 15.3 Å². The fourth-order valence-electron chi connectivity index (χ4n) is 3.03. The Morgan fingerprint density at radius 3 is 2.56 bits per heavy atom. The van der Waals surface area contributed by atoms with E-state index in [1.807, 2.05) is 54.6 Å². The molecule has 4 aromatic rings. The van der Waals surface area contributed by atoms with Gasteiger partial charge >= 0.3 is 0 Å². The van der Waals surface area contributed by atoms with Gasteiger partial charge in [-0.3, -0.25) is 5.41 Å². The van der Waals surface area contributed by atoms with Gasteiger partial charge in [-0.2, -0.15) is 4.98 Å². The van der Waals surface area contributed by atoms with Gasteiger partial charge in [-0.1, -0.05) is 42.5 Å². The zero-order valence-electron chi connectivity index (χ0n) is 14.5. The molecule has 1 heterocycles. The normalized spacial score (nSPS) is 10.7. The van der Waals surface area contributed by atoms with Crippen molar-refractivity contribution in [2.24, 2.45) is 0 Å². The second kappa shape index (κ2) is 6.76. The minimum Gasteiger partial charge on any atom is -0.398 e. The first-order valence-electron chi connectivity index (χ1n) is 8.44. The van der Waals surface area contributed by atoms with E-state index in [1.165, 1.54) is 0 Å². The highest BCUT2D eigenvalue weighted by atomic mass is 15.1. The fraction of sp³-hybridized carbons (Fsp3) is 0. The molecule has 0 bridgehead atoms. The summed E-state index contributed by atoms with van der Waals surface area (Å²) in [5.41, 5.74) is 15.0. The van der Waals surface area contributed by atoms with Gasteiger partial charge in [0, 0.05) is 28.7 Å². The molecule has 0 amide bonds. The van der Waals surface area contributed by atoms with Crippen LogP contribution in [0.3, 0.4) is 0 Å². The first-order valence-corrected chi connectivity index (χ1v) is 8.44. The molecule has 0 aliphatic carbocycles. The van der Waals surface area contributed by atoms with E-state index in [1.54, 1.807) is 18.3 Å². The number of benzene rings is 3. The summed E-state index contributed by atoms with van der Waals surface area (Å²) in [4.78, 5) is 8.02. The maximum absolute atomic E-state index is 8.75. The largest absolute Gasteiger partial charge is 0.398 e. The lowest BCUT2D eigenvalue weighted by Crippen LogP contribution is -2.07. The maximum atomic E-state index is 8.75. The summed E-state index contributed by atoms with van der Waals surface area (Å²) in [6, 6.07) is 21.1. The Kier molecular flexibility index (Phi) is 4.14. The number of nitrogens with zero attached hydrogens (tertiary/aromatic N) is 2. The Bertz CT molecular complexity index is 1150. The van der Waals surface area contributed by atoms with E-state index in [0.717, 1.165) is 22.0 Å². The van der Waals surface area contributed by atoms with Crippen LogP contribution < -0.4 is 16.8 Å². The molecular weight excluding hydrogens is 336 g/mol. The molecule has 4 rings (SSSR count). The van der Waals surface area contributed by atoms with Crippen LogP contribution in [0.25, 0.3) is 10.8 Å². The Hall–Kier alpha value is -3.93. The van der Waals surface area contributed by atoms with E-state index >= 15 is 0 Å². The Labute approximate surface area is 156 Å². The topological polar surface area (TPSA) is 114 Å². The highest BCUT2D eigenvalue weighted by Gasteiger charge is 2.12. The summed E-state index contributed by atoms with van der Waals surface area (Å²) in [7, 11) is 0. The molecule has 0 radical (unpaired) electrons. The lowest BCUT2D eigenvalue weighted by Gasteiger charge is -2.13. The van der Waals surface area contributed by atoms with Crippen molar-refractivity contribution < 1.29 is 0 Å². The molecule has 3 aromatic carbocycles. The predicted molar refractivity (Wildman–Crippen MR) is 110 cm³/mol. The summed E-state index contributed by atoms with van der Waals surface area (Å²) < 4.78 is 0. The second-order valence-corrected chi connectivity index (χ2v) is 6.13. The zero-order valence-corrected chi connectivity index (χ0v) is 14.5. The van der Waals surface area contributed by atoms with E-state index < -0.39 is 0 Å². The molecular formula is C21H18N6. The van der Waals surface area contributed by atoms with Gasteiger partial charge in [0.1, 0.15) is 5.82 Å². The van der Waals surface area contributed by atoms with E-state index in [4.69, 9.17) is 16.9 Å². The summed E-state index contributed by atoms with van der Waals surface area (Å²) in [5, 5.41) is 14.0. The SMILES string of the molecule is N=C(c1cc(Nc2ccnc(N)n2)ccc1N)c1cccc2ccccc12. The van der Waals surface area contributed by atoms with Gasteiger partial charge in [0.2, 0.25) is 5.95 Å². The molecule has 0 unspecified atom stereocenters. The van der Waals surface area contributed by atoms with Gasteiger partial charge < -0.3 is 16.8 Å². The van der Waals surface area contributed by atoms with E-state index in [0.29, 0.717) is 22.8 Å². The van der Waals surface area contributed by atoms with Crippen molar-refractivity contribution in [1.82, 2.24) is 9.97 Å². The zero-order chi connectivity index (χ0) is 18.8. The number of nitrogens with two attached hydrogens (primary N) is 2. The predicted octanol–water partition coefficient (Wildman–Crippen LogP) is 3.95. The average molecular weight is 354 g/mol. The lowest BCUT2D eigenvalue weighted by atomic mass is 9.95. The quantitative estimate of drug-likeness (QED) is 0.327. The summed E-state index contributed by atoms with van der Waals surface area (Å²) in [5.74, 6) is 0.772. The van der Waals surface area contributed by atoms with Crippen LogP contribution in [0.2, 0.25) is 0 Å². The first-order chi connectivity index (χ1) is 13.1. The van der Waals surface area contributed by atoms with Crippen molar-refractivity contribution in [2.45, 2.75) is 0 Å². The molecule has 132 valence electrons. The maximum Gasteiger partial charge on any atom is 0.221 e. The van der Waals surface area contributed by atoms with E-state index in [9.17, 15) is 0 Å². The third kappa shape index (κ3) is 3.28. The van der Waals surface area contributed by atoms with Crippen LogP contribution in [0, 0.1) is 5.41 Å². The molecule has 1 aromatic heterocycles. The number of rotatable bonds is 4. The molecule has 6 nitrogen and oxygen atoms in total. The minimum atomic E-state index is 0.194. The van der Waals surface area contributed by atoms with Crippen molar-refractivity contribution in [2.75, 3.05) is 16.8 Å². The highest BCUT2D eigenvalue weighted by Crippen LogP contribution is 2.26. The molecule has 27 heavy (non-hydrogen) atoms. The monoisotopic (exact) mass is 354 g/mol. The van der Waals surface area contributed by atoms with Crippen molar-refractivity contribution in [3.8, 4) is 0 Å². The van der Waals surface area contributed by atoms with Gasteiger partial charge in [-0.15, -0.1) is 0 Å². The van der Waals surface area contributed by atoms with Crippen LogP contribution in [0.15, 0.2) is 72.9 Å².